The van der Waals surface area contributed by atoms with Crippen molar-refractivity contribution in [1.82, 2.24) is 14.8 Å². The van der Waals surface area contributed by atoms with E-state index in [4.69, 9.17) is 0 Å². The van der Waals surface area contributed by atoms with Crippen molar-refractivity contribution in [2.45, 2.75) is 12.3 Å². The number of aromatic nitrogens is 3. The van der Waals surface area contributed by atoms with Crippen molar-refractivity contribution in [1.29, 1.82) is 0 Å². The molecule has 0 aliphatic carbocycles. The predicted molar refractivity (Wildman–Crippen MR) is 56.5 cm³/mol. The summed E-state index contributed by atoms with van der Waals surface area (Å²) in [6, 6.07) is 4.01. The average molecular weight is 257 g/mol. The van der Waals surface area contributed by atoms with Crippen LogP contribution in [0.15, 0.2) is 30.6 Å². The van der Waals surface area contributed by atoms with Crippen LogP contribution in [0, 0.1) is 0 Å². The summed E-state index contributed by atoms with van der Waals surface area (Å²) in [6.45, 7) is 0. The first-order chi connectivity index (χ1) is 8.41. The summed E-state index contributed by atoms with van der Waals surface area (Å²) in [5, 5.41) is 13.8. The molecular weight excluding hydrogens is 247 g/mol. The van der Waals surface area contributed by atoms with E-state index in [0.717, 1.165) is 6.20 Å². The molecule has 2 aromatic rings. The number of alkyl halides is 3. The van der Waals surface area contributed by atoms with E-state index in [2.05, 4.69) is 10.1 Å². The third kappa shape index (κ3) is 2.21. The summed E-state index contributed by atoms with van der Waals surface area (Å²) < 4.78 is 39.6. The topological polar surface area (TPSA) is 50.9 Å². The fourth-order valence-corrected chi connectivity index (χ4v) is 1.69. The van der Waals surface area contributed by atoms with Gasteiger partial charge < -0.3 is 5.11 Å². The minimum absolute atomic E-state index is 0.272. The maximum absolute atomic E-state index is 12.8. The Balaban J connectivity index is 2.49. The Morgan fingerprint density at radius 2 is 2.00 bits per heavy atom. The van der Waals surface area contributed by atoms with Gasteiger partial charge in [0.05, 0.1) is 5.69 Å². The van der Waals surface area contributed by atoms with Gasteiger partial charge >= 0.3 is 6.18 Å². The summed E-state index contributed by atoms with van der Waals surface area (Å²) >= 11 is 0. The van der Waals surface area contributed by atoms with Crippen LogP contribution in [0.2, 0.25) is 0 Å². The predicted octanol–water partition coefficient (Wildman–Crippen LogP) is 1.92. The minimum atomic E-state index is -4.60. The van der Waals surface area contributed by atoms with Crippen LogP contribution in [0.25, 0.3) is 0 Å². The number of hydrogen-bond acceptors (Lipinski definition) is 3. The van der Waals surface area contributed by atoms with Gasteiger partial charge in [0.2, 0.25) is 0 Å². The van der Waals surface area contributed by atoms with Gasteiger partial charge in [0.25, 0.3) is 0 Å². The molecule has 1 unspecified atom stereocenters. The standard InChI is InChI=1S/C11H10F3N3O/c1-17-8(4-6-16-17)9(18)7-3-2-5-15-10(7)11(12,13)14/h2-6,9,18H,1H3. The zero-order chi connectivity index (χ0) is 13.3. The first kappa shape index (κ1) is 12.6. The van der Waals surface area contributed by atoms with E-state index in [1.165, 1.54) is 29.1 Å². The second-order valence-corrected chi connectivity index (χ2v) is 3.72. The molecule has 0 aromatic carbocycles. The molecule has 4 nitrogen and oxygen atoms in total. The monoisotopic (exact) mass is 257 g/mol. The van der Waals surface area contributed by atoms with Crippen molar-refractivity contribution in [3.63, 3.8) is 0 Å². The number of rotatable bonds is 2. The Morgan fingerprint density at radius 1 is 1.28 bits per heavy atom. The average Bonchev–Trinajstić information content (AvgIpc) is 2.73. The van der Waals surface area contributed by atoms with Crippen LogP contribution >= 0.6 is 0 Å². The van der Waals surface area contributed by atoms with E-state index in [9.17, 15) is 18.3 Å². The van der Waals surface area contributed by atoms with E-state index < -0.39 is 18.0 Å². The van der Waals surface area contributed by atoms with Gasteiger partial charge in [-0.15, -0.1) is 0 Å². The first-order valence-electron chi connectivity index (χ1n) is 5.09. The van der Waals surface area contributed by atoms with Gasteiger partial charge in [-0.1, -0.05) is 6.07 Å². The van der Waals surface area contributed by atoms with Gasteiger partial charge in [-0.3, -0.25) is 9.67 Å². The lowest BCUT2D eigenvalue weighted by Crippen LogP contribution is -2.16. The molecule has 0 radical (unpaired) electrons. The molecular formula is C11H10F3N3O. The number of aliphatic hydroxyl groups excluding tert-OH is 1. The van der Waals surface area contributed by atoms with Crippen molar-refractivity contribution in [3.8, 4) is 0 Å². The molecule has 0 amide bonds. The quantitative estimate of drug-likeness (QED) is 0.894. The normalized spacial score (nSPS) is 13.6. The van der Waals surface area contributed by atoms with Crippen LogP contribution in [0.5, 0.6) is 0 Å². The van der Waals surface area contributed by atoms with Gasteiger partial charge in [0.1, 0.15) is 6.10 Å². The molecule has 96 valence electrons. The Labute approximate surface area is 101 Å². The molecule has 2 rings (SSSR count). The maximum Gasteiger partial charge on any atom is 0.433 e. The van der Waals surface area contributed by atoms with E-state index >= 15 is 0 Å². The van der Waals surface area contributed by atoms with Crippen molar-refractivity contribution in [3.05, 3.63) is 47.5 Å². The smallest absolute Gasteiger partial charge is 0.382 e. The lowest BCUT2D eigenvalue weighted by atomic mass is 10.0. The Kier molecular flexibility index (Phi) is 3.08. The summed E-state index contributed by atoms with van der Waals surface area (Å²) in [5.41, 5.74) is -1.10. The van der Waals surface area contributed by atoms with Crippen LogP contribution in [-0.2, 0) is 13.2 Å². The van der Waals surface area contributed by atoms with Gasteiger partial charge in [-0.05, 0) is 12.1 Å². The molecule has 0 spiro atoms. The summed E-state index contributed by atoms with van der Waals surface area (Å²) in [4.78, 5) is 3.30. The van der Waals surface area contributed by atoms with E-state index in [0.29, 0.717) is 0 Å². The van der Waals surface area contributed by atoms with E-state index in [1.807, 2.05) is 0 Å². The number of aryl methyl sites for hydroxylation is 1. The SMILES string of the molecule is Cn1nccc1C(O)c1cccnc1C(F)(F)F. The zero-order valence-corrected chi connectivity index (χ0v) is 9.39. The Bertz CT molecular complexity index is 550. The number of hydrogen-bond donors (Lipinski definition) is 1. The summed E-state index contributed by atoms with van der Waals surface area (Å²) in [7, 11) is 1.54. The Hall–Kier alpha value is -1.89. The second kappa shape index (κ2) is 4.41. The fourth-order valence-electron chi connectivity index (χ4n) is 1.69. The summed E-state index contributed by atoms with van der Waals surface area (Å²) in [6.07, 6.45) is -3.57. The second-order valence-electron chi connectivity index (χ2n) is 3.72. The van der Waals surface area contributed by atoms with Crippen LogP contribution in [0.4, 0.5) is 13.2 Å². The van der Waals surface area contributed by atoms with Crippen molar-refractivity contribution >= 4 is 0 Å². The van der Waals surface area contributed by atoms with Gasteiger partial charge in [-0.25, -0.2) is 0 Å². The lowest BCUT2D eigenvalue weighted by molar-refractivity contribution is -0.142. The summed E-state index contributed by atoms with van der Waals surface area (Å²) in [5.74, 6) is 0. The largest absolute Gasteiger partial charge is 0.433 e. The van der Waals surface area contributed by atoms with Crippen molar-refractivity contribution in [2.75, 3.05) is 0 Å². The minimum Gasteiger partial charge on any atom is -0.382 e. The fraction of sp³-hybridized carbons (Fsp3) is 0.273. The van der Waals surface area contributed by atoms with Crippen LogP contribution in [0.1, 0.15) is 23.1 Å². The highest BCUT2D eigenvalue weighted by atomic mass is 19.4. The van der Waals surface area contributed by atoms with Gasteiger partial charge in [0, 0.05) is 25.0 Å². The third-order valence-corrected chi connectivity index (χ3v) is 2.54. The molecule has 2 aromatic heterocycles. The Morgan fingerprint density at radius 3 is 2.56 bits per heavy atom. The van der Waals surface area contributed by atoms with Crippen molar-refractivity contribution in [2.24, 2.45) is 7.05 Å². The number of aliphatic hydroxyl groups is 1. The molecule has 0 aliphatic rings. The molecule has 0 saturated carbocycles. The van der Waals surface area contributed by atoms with Crippen LogP contribution < -0.4 is 0 Å². The molecule has 0 aliphatic heterocycles. The van der Waals surface area contributed by atoms with Crippen molar-refractivity contribution < 1.29 is 18.3 Å². The van der Waals surface area contributed by atoms with Crippen LogP contribution in [0.3, 0.4) is 0 Å². The molecule has 0 bridgehead atoms. The molecule has 0 fully saturated rings. The highest BCUT2D eigenvalue weighted by molar-refractivity contribution is 5.30. The third-order valence-electron chi connectivity index (χ3n) is 2.54. The molecule has 2 heterocycles. The van der Waals surface area contributed by atoms with E-state index in [-0.39, 0.29) is 11.3 Å². The molecule has 7 heteroatoms. The molecule has 1 N–H and O–H groups in total. The van der Waals surface area contributed by atoms with Gasteiger partial charge in [-0.2, -0.15) is 18.3 Å². The lowest BCUT2D eigenvalue weighted by Gasteiger charge is -2.16. The zero-order valence-electron chi connectivity index (χ0n) is 9.39. The molecule has 0 saturated heterocycles. The molecule has 1 atom stereocenters. The van der Waals surface area contributed by atoms with E-state index in [1.54, 1.807) is 7.05 Å². The number of nitrogens with zero attached hydrogens (tertiary/aromatic N) is 3. The van der Waals surface area contributed by atoms with Crippen LogP contribution in [-0.4, -0.2) is 19.9 Å². The highest BCUT2D eigenvalue weighted by Gasteiger charge is 2.37. The highest BCUT2D eigenvalue weighted by Crippen LogP contribution is 2.34. The van der Waals surface area contributed by atoms with Gasteiger partial charge in [0.15, 0.2) is 5.69 Å². The first-order valence-corrected chi connectivity index (χ1v) is 5.09. The molecule has 18 heavy (non-hydrogen) atoms. The maximum atomic E-state index is 12.8. The number of pyridine rings is 1. The number of halogens is 3.